The van der Waals surface area contributed by atoms with Crippen LogP contribution in [0.5, 0.6) is 0 Å². The molecule has 1 aromatic carbocycles. The molecule has 2 N–H and O–H groups in total. The van der Waals surface area contributed by atoms with E-state index in [4.69, 9.17) is 0 Å². The second kappa shape index (κ2) is 8.51. The minimum absolute atomic E-state index is 0.0341. The van der Waals surface area contributed by atoms with Crippen LogP contribution in [-0.2, 0) is 11.2 Å². The highest BCUT2D eigenvalue weighted by Gasteiger charge is 2.22. The van der Waals surface area contributed by atoms with Crippen LogP contribution in [0.1, 0.15) is 31.1 Å². The van der Waals surface area contributed by atoms with Gasteiger partial charge in [-0.25, -0.2) is 13.9 Å². The second-order valence-corrected chi connectivity index (χ2v) is 7.66. The molecule has 3 heterocycles. The summed E-state index contributed by atoms with van der Waals surface area (Å²) in [6.07, 6.45) is 1.58. The van der Waals surface area contributed by atoms with Crippen molar-refractivity contribution in [2.24, 2.45) is 5.92 Å². The summed E-state index contributed by atoms with van der Waals surface area (Å²) in [5.74, 6) is -0.798. The molecule has 1 atom stereocenters. The number of carbonyl (C=O) groups is 1. The summed E-state index contributed by atoms with van der Waals surface area (Å²) in [5.41, 5.74) is 2.25. The molecule has 7 nitrogen and oxygen atoms in total. The monoisotopic (exact) mass is 419 g/mol. The Labute approximate surface area is 178 Å². The molecule has 4 rings (SSSR count). The number of hydrogen-bond donors (Lipinski definition) is 2. The van der Waals surface area contributed by atoms with Crippen molar-refractivity contribution in [3.05, 3.63) is 88.2 Å². The van der Waals surface area contributed by atoms with Gasteiger partial charge in [-0.2, -0.15) is 0 Å². The second-order valence-electron chi connectivity index (χ2n) is 7.66. The van der Waals surface area contributed by atoms with Gasteiger partial charge in [-0.15, -0.1) is 0 Å². The number of amides is 1. The molecule has 0 fully saturated rings. The van der Waals surface area contributed by atoms with Gasteiger partial charge in [0.15, 0.2) is 5.65 Å². The number of fused-ring (bicyclic) bond motifs is 1. The lowest BCUT2D eigenvalue weighted by Crippen LogP contribution is -2.34. The van der Waals surface area contributed by atoms with Crippen molar-refractivity contribution in [3.8, 4) is 11.4 Å². The third kappa shape index (κ3) is 4.37. The van der Waals surface area contributed by atoms with E-state index in [0.29, 0.717) is 28.3 Å². The first kappa shape index (κ1) is 20.5. The number of hydrogen-bond acceptors (Lipinski definition) is 4. The lowest BCUT2D eigenvalue weighted by molar-refractivity contribution is -0.121. The van der Waals surface area contributed by atoms with Gasteiger partial charge in [-0.1, -0.05) is 38.1 Å². The smallest absolute Gasteiger partial charge is 0.272 e. The van der Waals surface area contributed by atoms with Crippen molar-refractivity contribution < 1.29 is 9.18 Å². The fourth-order valence-electron chi connectivity index (χ4n) is 3.44. The molecule has 3 aromatic heterocycles. The van der Waals surface area contributed by atoms with Gasteiger partial charge in [0.1, 0.15) is 5.82 Å². The van der Waals surface area contributed by atoms with Crippen LogP contribution in [0.4, 0.5) is 4.39 Å². The van der Waals surface area contributed by atoms with Crippen LogP contribution >= 0.6 is 0 Å². The maximum Gasteiger partial charge on any atom is 0.272 e. The Morgan fingerprint density at radius 2 is 1.94 bits per heavy atom. The minimum Gasteiger partial charge on any atom is -0.347 e. The Balaban J connectivity index is 1.63. The first-order chi connectivity index (χ1) is 14.9. The molecule has 0 aliphatic heterocycles. The Bertz CT molecular complexity index is 1280. The van der Waals surface area contributed by atoms with Gasteiger partial charge in [0.05, 0.1) is 29.5 Å². The Morgan fingerprint density at radius 1 is 1.16 bits per heavy atom. The molecule has 0 saturated heterocycles. The lowest BCUT2D eigenvalue weighted by atomic mass is 10.00. The summed E-state index contributed by atoms with van der Waals surface area (Å²) >= 11 is 0. The minimum atomic E-state index is -0.495. The fraction of sp³-hybridized carbons (Fsp3) is 0.217. The van der Waals surface area contributed by atoms with Crippen molar-refractivity contribution in [1.82, 2.24) is 24.9 Å². The van der Waals surface area contributed by atoms with E-state index in [1.807, 2.05) is 32.0 Å². The standard InChI is InChI=1S/C23H22FN5O2/c1-14(2)23(27-21(30)11-15-7-3-4-8-16(15)24)19-13-22(31)29-20(26-19)12-18(28-29)17-9-5-6-10-25-17/h3-10,12-14,23,28H,11H2,1-2H3,(H,27,30)/t23-/m0/s1. The summed E-state index contributed by atoms with van der Waals surface area (Å²) in [4.78, 5) is 34.2. The highest BCUT2D eigenvalue weighted by Crippen LogP contribution is 2.21. The van der Waals surface area contributed by atoms with E-state index in [2.05, 4.69) is 20.4 Å². The van der Waals surface area contributed by atoms with Crippen LogP contribution in [0, 0.1) is 11.7 Å². The van der Waals surface area contributed by atoms with Crippen molar-refractivity contribution >= 4 is 11.6 Å². The lowest BCUT2D eigenvalue weighted by Gasteiger charge is -2.22. The van der Waals surface area contributed by atoms with E-state index in [1.54, 1.807) is 30.5 Å². The van der Waals surface area contributed by atoms with Crippen LogP contribution in [0.25, 0.3) is 17.0 Å². The quantitative estimate of drug-likeness (QED) is 0.502. The maximum absolute atomic E-state index is 13.9. The van der Waals surface area contributed by atoms with Crippen LogP contribution in [0.2, 0.25) is 0 Å². The number of nitrogens with zero attached hydrogens (tertiary/aromatic N) is 3. The van der Waals surface area contributed by atoms with Crippen molar-refractivity contribution in [1.29, 1.82) is 0 Å². The van der Waals surface area contributed by atoms with Gasteiger partial charge < -0.3 is 5.32 Å². The number of aromatic nitrogens is 4. The SMILES string of the molecule is CC(C)[C@H](NC(=O)Cc1ccccc1F)c1cc(=O)n2[nH]c(-c3ccccn3)cc2n1. The summed E-state index contributed by atoms with van der Waals surface area (Å²) in [7, 11) is 0. The molecule has 0 saturated carbocycles. The normalized spacial score (nSPS) is 12.3. The maximum atomic E-state index is 13.9. The molecule has 0 aliphatic rings. The van der Waals surface area contributed by atoms with Crippen LogP contribution < -0.4 is 10.9 Å². The van der Waals surface area contributed by atoms with Crippen molar-refractivity contribution in [2.75, 3.05) is 0 Å². The summed E-state index contributed by atoms with van der Waals surface area (Å²) in [6, 6.07) is 14.3. The van der Waals surface area contributed by atoms with Crippen LogP contribution in [0.15, 0.2) is 65.6 Å². The number of nitrogens with one attached hydrogen (secondary N) is 2. The van der Waals surface area contributed by atoms with E-state index < -0.39 is 11.9 Å². The zero-order valence-electron chi connectivity index (χ0n) is 17.2. The molecule has 0 spiro atoms. The molecular weight excluding hydrogens is 397 g/mol. The molecule has 1 amide bonds. The van der Waals surface area contributed by atoms with Gasteiger partial charge >= 0.3 is 0 Å². The third-order valence-corrected chi connectivity index (χ3v) is 5.02. The van der Waals surface area contributed by atoms with Crippen LogP contribution in [-0.4, -0.2) is 25.5 Å². The zero-order valence-corrected chi connectivity index (χ0v) is 17.2. The van der Waals surface area contributed by atoms with E-state index in [0.717, 1.165) is 0 Å². The van der Waals surface area contributed by atoms with E-state index in [1.165, 1.54) is 16.6 Å². The summed E-state index contributed by atoms with van der Waals surface area (Å²) < 4.78 is 15.2. The summed E-state index contributed by atoms with van der Waals surface area (Å²) in [6.45, 7) is 3.85. The highest BCUT2D eigenvalue weighted by atomic mass is 19.1. The Hall–Kier alpha value is -3.81. The van der Waals surface area contributed by atoms with Gasteiger partial charge in [0.25, 0.3) is 5.56 Å². The molecule has 0 radical (unpaired) electrons. The number of aromatic amines is 1. The van der Waals surface area contributed by atoms with Crippen molar-refractivity contribution in [3.63, 3.8) is 0 Å². The zero-order chi connectivity index (χ0) is 22.0. The van der Waals surface area contributed by atoms with E-state index in [9.17, 15) is 14.0 Å². The topological polar surface area (TPSA) is 92.2 Å². The fourth-order valence-corrected chi connectivity index (χ4v) is 3.44. The number of halogens is 1. The van der Waals surface area contributed by atoms with Gasteiger partial charge in [0.2, 0.25) is 5.91 Å². The number of carbonyl (C=O) groups excluding carboxylic acids is 1. The molecule has 158 valence electrons. The highest BCUT2D eigenvalue weighted by molar-refractivity contribution is 5.79. The average molecular weight is 419 g/mol. The van der Waals surface area contributed by atoms with E-state index >= 15 is 0 Å². The predicted molar refractivity (Wildman–Crippen MR) is 115 cm³/mol. The number of benzene rings is 1. The predicted octanol–water partition coefficient (Wildman–Crippen LogP) is 3.28. The van der Waals surface area contributed by atoms with Crippen molar-refractivity contribution in [2.45, 2.75) is 26.3 Å². The van der Waals surface area contributed by atoms with Gasteiger partial charge in [0, 0.05) is 18.3 Å². The average Bonchev–Trinajstić information content (AvgIpc) is 3.19. The molecule has 31 heavy (non-hydrogen) atoms. The molecule has 8 heteroatoms. The largest absolute Gasteiger partial charge is 0.347 e. The molecule has 4 aromatic rings. The van der Waals surface area contributed by atoms with Gasteiger partial charge in [-0.3, -0.25) is 19.7 Å². The van der Waals surface area contributed by atoms with E-state index in [-0.39, 0.29) is 23.8 Å². The number of pyridine rings is 1. The Kier molecular flexibility index (Phi) is 5.62. The molecule has 0 bridgehead atoms. The third-order valence-electron chi connectivity index (χ3n) is 5.02. The number of rotatable bonds is 6. The molecule has 0 aliphatic carbocycles. The Morgan fingerprint density at radius 3 is 2.65 bits per heavy atom. The first-order valence-corrected chi connectivity index (χ1v) is 9.99. The molecule has 0 unspecified atom stereocenters. The van der Waals surface area contributed by atoms with Crippen LogP contribution in [0.3, 0.4) is 0 Å². The van der Waals surface area contributed by atoms with Gasteiger partial charge in [-0.05, 0) is 29.7 Å². The number of H-pyrrole nitrogens is 1. The first-order valence-electron chi connectivity index (χ1n) is 9.99. The molecular formula is C23H22FN5O2. The summed E-state index contributed by atoms with van der Waals surface area (Å²) in [5, 5.41) is 5.91.